The van der Waals surface area contributed by atoms with Crippen LogP contribution < -0.4 is 5.32 Å². The van der Waals surface area contributed by atoms with Gasteiger partial charge in [0.25, 0.3) is 0 Å². The third-order valence-corrected chi connectivity index (χ3v) is 3.55. The molecule has 104 valence electrons. The van der Waals surface area contributed by atoms with Crippen molar-refractivity contribution in [3.63, 3.8) is 0 Å². The molecule has 2 atom stereocenters. The number of amides is 1. The molecule has 0 saturated carbocycles. The Morgan fingerprint density at radius 1 is 1.33 bits per heavy atom. The number of carbonyl (C=O) groups excluding carboxylic acids is 1. The van der Waals surface area contributed by atoms with E-state index in [9.17, 15) is 4.79 Å². The Kier molecular flexibility index (Phi) is 3.82. The van der Waals surface area contributed by atoms with Gasteiger partial charge in [0, 0.05) is 26.2 Å². The number of nitrogens with zero attached hydrogens (tertiary/aromatic N) is 2. The minimum atomic E-state index is -0.396. The number of carbonyl (C=O) groups is 1. The molecule has 0 aromatic heterocycles. The first-order chi connectivity index (χ1) is 8.40. The maximum atomic E-state index is 12.0. The van der Waals surface area contributed by atoms with E-state index in [4.69, 9.17) is 4.74 Å². The van der Waals surface area contributed by atoms with E-state index in [0.717, 1.165) is 32.6 Å². The lowest BCUT2D eigenvalue weighted by Gasteiger charge is -2.55. The molecule has 3 aliphatic rings. The minimum absolute atomic E-state index is 0.142. The van der Waals surface area contributed by atoms with Crippen molar-refractivity contribution in [2.24, 2.45) is 0 Å². The van der Waals surface area contributed by atoms with Gasteiger partial charge in [0.2, 0.25) is 0 Å². The highest BCUT2D eigenvalue weighted by atomic mass is 16.6. The summed E-state index contributed by atoms with van der Waals surface area (Å²) in [5.41, 5.74) is -0.396. The van der Waals surface area contributed by atoms with Gasteiger partial charge in [0.05, 0.1) is 12.1 Å². The Balaban J connectivity index is 1.83. The van der Waals surface area contributed by atoms with E-state index >= 15 is 0 Å². The minimum Gasteiger partial charge on any atom is -0.444 e. The number of likely N-dealkylation sites (N-methyl/N-ethyl adjacent to an activating group) is 1. The Bertz CT molecular complexity index is 302. The number of rotatable bonds is 3. The Hall–Kier alpha value is -0.810. The molecule has 18 heavy (non-hydrogen) atoms. The van der Waals surface area contributed by atoms with Crippen LogP contribution in [0.3, 0.4) is 0 Å². The fourth-order valence-electron chi connectivity index (χ4n) is 2.76. The summed E-state index contributed by atoms with van der Waals surface area (Å²) in [6, 6.07) is 0.714. The molecular weight excluding hydrogens is 230 g/mol. The van der Waals surface area contributed by atoms with Crippen LogP contribution in [0.5, 0.6) is 0 Å². The first-order valence-electron chi connectivity index (χ1n) is 6.79. The van der Waals surface area contributed by atoms with Crippen LogP contribution in [0.25, 0.3) is 0 Å². The zero-order chi connectivity index (χ0) is 13.3. The van der Waals surface area contributed by atoms with E-state index in [1.54, 1.807) is 0 Å². The van der Waals surface area contributed by atoms with Crippen LogP contribution in [-0.2, 0) is 4.74 Å². The zero-order valence-corrected chi connectivity index (χ0v) is 11.9. The number of hydrogen-bond donors (Lipinski definition) is 1. The quantitative estimate of drug-likeness (QED) is 0.814. The van der Waals surface area contributed by atoms with Gasteiger partial charge in [-0.15, -0.1) is 0 Å². The van der Waals surface area contributed by atoms with Crippen LogP contribution >= 0.6 is 0 Å². The van der Waals surface area contributed by atoms with Crippen LogP contribution in [0.1, 0.15) is 27.2 Å². The number of fused-ring (bicyclic) bond motifs is 2. The molecule has 0 spiro atoms. The number of hydrogen-bond acceptors (Lipinski definition) is 4. The Morgan fingerprint density at radius 3 is 2.44 bits per heavy atom. The average Bonchev–Trinajstić information content (AvgIpc) is 2.23. The zero-order valence-electron chi connectivity index (χ0n) is 11.9. The van der Waals surface area contributed by atoms with Gasteiger partial charge in [-0.2, -0.15) is 0 Å². The molecule has 3 rings (SSSR count). The van der Waals surface area contributed by atoms with Crippen LogP contribution in [0.2, 0.25) is 0 Å². The summed E-state index contributed by atoms with van der Waals surface area (Å²) in [6.07, 6.45) is 0.993. The Morgan fingerprint density at radius 2 is 1.94 bits per heavy atom. The SMILES string of the molecule is CNCCN1CC2CC(C1)N2C(=O)OC(C)(C)C. The predicted octanol–water partition coefficient (Wildman–Crippen LogP) is 0.899. The summed E-state index contributed by atoms with van der Waals surface area (Å²) in [7, 11) is 1.97. The van der Waals surface area contributed by atoms with Gasteiger partial charge in [-0.25, -0.2) is 4.79 Å². The molecule has 5 heteroatoms. The maximum absolute atomic E-state index is 12.0. The van der Waals surface area contributed by atoms with Gasteiger partial charge in [-0.3, -0.25) is 9.80 Å². The molecule has 2 unspecified atom stereocenters. The Labute approximate surface area is 109 Å². The molecular formula is C13H25N3O2. The van der Waals surface area contributed by atoms with Gasteiger partial charge < -0.3 is 10.1 Å². The number of nitrogens with one attached hydrogen (secondary N) is 1. The summed E-state index contributed by atoms with van der Waals surface area (Å²) < 4.78 is 5.45. The summed E-state index contributed by atoms with van der Waals surface area (Å²) in [6.45, 7) is 9.78. The third-order valence-electron chi connectivity index (χ3n) is 3.55. The molecule has 0 radical (unpaired) electrons. The summed E-state index contributed by atoms with van der Waals surface area (Å²) in [4.78, 5) is 16.4. The summed E-state index contributed by atoms with van der Waals surface area (Å²) in [5, 5.41) is 3.16. The van der Waals surface area contributed by atoms with E-state index in [-0.39, 0.29) is 6.09 Å². The summed E-state index contributed by atoms with van der Waals surface area (Å²) in [5.74, 6) is 0. The van der Waals surface area contributed by atoms with Crippen LogP contribution in [0, 0.1) is 0 Å². The van der Waals surface area contributed by atoms with Crippen molar-refractivity contribution in [2.75, 3.05) is 33.2 Å². The highest BCUT2D eigenvalue weighted by Gasteiger charge is 2.48. The molecule has 3 aliphatic heterocycles. The second kappa shape index (κ2) is 5.05. The molecule has 1 amide bonds. The molecule has 3 heterocycles. The number of ether oxygens (including phenoxy) is 1. The van der Waals surface area contributed by atoms with Crippen molar-refractivity contribution >= 4 is 6.09 Å². The first-order valence-corrected chi connectivity index (χ1v) is 6.79. The average molecular weight is 255 g/mol. The van der Waals surface area contributed by atoms with E-state index in [2.05, 4.69) is 10.2 Å². The van der Waals surface area contributed by atoms with Gasteiger partial charge in [0.15, 0.2) is 0 Å². The maximum Gasteiger partial charge on any atom is 0.410 e. The molecule has 0 aromatic carbocycles. The van der Waals surface area contributed by atoms with Crippen LogP contribution in [-0.4, -0.2) is 66.8 Å². The second-order valence-corrected chi connectivity index (χ2v) is 6.29. The number of piperidine rings is 1. The molecule has 5 nitrogen and oxygen atoms in total. The lowest BCUT2D eigenvalue weighted by molar-refractivity contribution is -0.0758. The van der Waals surface area contributed by atoms with Gasteiger partial charge in [-0.05, 0) is 34.2 Å². The smallest absolute Gasteiger partial charge is 0.410 e. The van der Waals surface area contributed by atoms with Crippen molar-refractivity contribution < 1.29 is 9.53 Å². The standard InChI is InChI=1S/C13H25N3O2/c1-13(2,3)18-12(17)16-10-7-11(16)9-15(8-10)6-5-14-4/h10-11,14H,5-9H2,1-4H3. The van der Waals surface area contributed by atoms with Gasteiger partial charge >= 0.3 is 6.09 Å². The largest absolute Gasteiger partial charge is 0.444 e. The van der Waals surface area contributed by atoms with E-state index in [0.29, 0.717) is 12.1 Å². The molecule has 0 aliphatic carbocycles. The molecule has 1 N–H and O–H groups in total. The van der Waals surface area contributed by atoms with Crippen molar-refractivity contribution in [3.05, 3.63) is 0 Å². The first kappa shape index (κ1) is 13.6. The highest BCUT2D eigenvalue weighted by Crippen LogP contribution is 2.33. The summed E-state index contributed by atoms with van der Waals surface area (Å²) >= 11 is 0. The van der Waals surface area contributed by atoms with E-state index < -0.39 is 5.60 Å². The van der Waals surface area contributed by atoms with Gasteiger partial charge in [-0.1, -0.05) is 0 Å². The van der Waals surface area contributed by atoms with Crippen LogP contribution in [0.4, 0.5) is 4.79 Å². The van der Waals surface area contributed by atoms with Crippen molar-refractivity contribution in [1.29, 1.82) is 0 Å². The normalized spacial score (nSPS) is 27.9. The molecule has 3 saturated heterocycles. The highest BCUT2D eigenvalue weighted by molar-refractivity contribution is 5.70. The third kappa shape index (κ3) is 2.95. The fraction of sp³-hybridized carbons (Fsp3) is 0.923. The fourth-order valence-corrected chi connectivity index (χ4v) is 2.76. The number of piperazine rings is 1. The van der Waals surface area contributed by atoms with Crippen molar-refractivity contribution in [2.45, 2.75) is 44.9 Å². The van der Waals surface area contributed by atoms with E-state index in [1.807, 2.05) is 32.7 Å². The lowest BCUT2D eigenvalue weighted by Crippen LogP contribution is -2.70. The predicted molar refractivity (Wildman–Crippen MR) is 70.6 cm³/mol. The van der Waals surface area contributed by atoms with Crippen molar-refractivity contribution in [1.82, 2.24) is 15.1 Å². The second-order valence-electron chi connectivity index (χ2n) is 6.29. The van der Waals surface area contributed by atoms with Crippen LogP contribution in [0.15, 0.2) is 0 Å². The molecule has 0 aromatic rings. The molecule has 3 fully saturated rings. The monoisotopic (exact) mass is 255 g/mol. The van der Waals surface area contributed by atoms with E-state index in [1.165, 1.54) is 0 Å². The molecule has 2 bridgehead atoms. The topological polar surface area (TPSA) is 44.8 Å². The van der Waals surface area contributed by atoms with Gasteiger partial charge in [0.1, 0.15) is 5.60 Å². The van der Waals surface area contributed by atoms with Crippen molar-refractivity contribution in [3.8, 4) is 0 Å². The lowest BCUT2D eigenvalue weighted by atomic mass is 9.88.